The van der Waals surface area contributed by atoms with E-state index in [-0.39, 0.29) is 0 Å². The highest BCUT2D eigenvalue weighted by molar-refractivity contribution is 6.36. The number of hydrogen-bond donors (Lipinski definition) is 0. The molecule has 2 rings (SSSR count). The van der Waals surface area contributed by atoms with E-state index in [1.54, 1.807) is 20.3 Å². The van der Waals surface area contributed by atoms with Gasteiger partial charge in [0, 0.05) is 20.8 Å². The Hall–Kier alpha value is -1.60. The molecule has 0 atom stereocenters. The van der Waals surface area contributed by atoms with Crippen LogP contribution in [0.4, 0.5) is 8.78 Å². The Morgan fingerprint density at radius 1 is 0.864 bits per heavy atom. The molecular formula is C16H17F2O3Si. The molecule has 0 spiro atoms. The largest absolute Gasteiger partial charge is 0.577 e. The van der Waals surface area contributed by atoms with Gasteiger partial charge >= 0.3 is 9.53 Å². The average Bonchev–Trinajstić information content (AvgIpc) is 2.55. The molecule has 0 aliphatic carbocycles. The van der Waals surface area contributed by atoms with E-state index in [1.807, 2.05) is 24.3 Å². The van der Waals surface area contributed by atoms with Crippen LogP contribution >= 0.6 is 0 Å². The molecule has 1 radical (unpaired) electrons. The molecule has 0 saturated carbocycles. The van der Waals surface area contributed by atoms with E-state index in [4.69, 9.17) is 13.3 Å². The van der Waals surface area contributed by atoms with Crippen molar-refractivity contribution in [2.45, 2.75) is 6.42 Å². The van der Waals surface area contributed by atoms with Gasteiger partial charge in [0.05, 0.1) is 0 Å². The molecule has 2 aromatic carbocycles. The summed E-state index contributed by atoms with van der Waals surface area (Å²) in [7, 11) is 1.47. The summed E-state index contributed by atoms with van der Waals surface area (Å²) >= 11 is 0. The van der Waals surface area contributed by atoms with Crippen molar-refractivity contribution in [3.63, 3.8) is 0 Å². The highest BCUT2D eigenvalue weighted by Crippen LogP contribution is 2.22. The Kier molecular flexibility index (Phi) is 6.20. The van der Waals surface area contributed by atoms with Gasteiger partial charge in [0.1, 0.15) is 0 Å². The third kappa shape index (κ3) is 4.44. The van der Waals surface area contributed by atoms with Gasteiger partial charge in [0.15, 0.2) is 11.6 Å². The van der Waals surface area contributed by atoms with E-state index in [1.165, 1.54) is 6.07 Å². The molecule has 0 saturated heterocycles. The minimum absolute atomic E-state index is 0.500. The normalized spacial score (nSPS) is 11.1. The predicted octanol–water partition coefficient (Wildman–Crippen LogP) is 3.47. The van der Waals surface area contributed by atoms with Gasteiger partial charge in [0.25, 0.3) is 0 Å². The lowest BCUT2D eigenvalue weighted by Crippen LogP contribution is -2.24. The molecule has 0 aliphatic heterocycles. The van der Waals surface area contributed by atoms with Crippen LogP contribution in [0.5, 0.6) is 0 Å². The summed E-state index contributed by atoms with van der Waals surface area (Å²) in [5.41, 5.74) is 2.56. The standard InChI is InChI=1S/C16H17F2O3Si/c1-19-22(20-2)21-10-9-12-3-5-13(6-4-12)14-7-8-15(17)16(18)11-14/h3-8,11H,9-10H2,1-2H3. The second-order valence-corrected chi connectivity index (χ2v) is 6.19. The van der Waals surface area contributed by atoms with E-state index in [0.29, 0.717) is 12.2 Å². The van der Waals surface area contributed by atoms with Crippen LogP contribution in [-0.4, -0.2) is 30.4 Å². The van der Waals surface area contributed by atoms with Gasteiger partial charge in [-0.2, -0.15) is 0 Å². The zero-order valence-corrected chi connectivity index (χ0v) is 13.4. The first-order valence-corrected chi connectivity index (χ1v) is 7.98. The summed E-state index contributed by atoms with van der Waals surface area (Å²) in [5.74, 6) is -1.68. The molecule has 0 fully saturated rings. The van der Waals surface area contributed by atoms with Crippen LogP contribution in [0.1, 0.15) is 5.56 Å². The molecule has 0 bridgehead atoms. The summed E-state index contributed by atoms with van der Waals surface area (Å²) in [6.45, 7) is 0.500. The van der Waals surface area contributed by atoms with Gasteiger partial charge in [-0.3, -0.25) is 0 Å². The third-order valence-electron chi connectivity index (χ3n) is 3.15. The second-order valence-electron chi connectivity index (χ2n) is 4.58. The fourth-order valence-corrected chi connectivity index (χ4v) is 2.66. The smallest absolute Gasteiger partial charge is 0.375 e. The summed E-state index contributed by atoms with van der Waals surface area (Å²) in [6.07, 6.45) is 0.721. The summed E-state index contributed by atoms with van der Waals surface area (Å²) < 4.78 is 41.7. The molecule has 0 aromatic heterocycles. The van der Waals surface area contributed by atoms with Crippen molar-refractivity contribution in [2.75, 3.05) is 20.8 Å². The fourth-order valence-electron chi connectivity index (χ4n) is 1.99. The SMILES string of the molecule is CO[Si](OC)OCCc1ccc(-c2ccc(F)c(F)c2)cc1. The van der Waals surface area contributed by atoms with Crippen LogP contribution in [0, 0.1) is 11.6 Å². The predicted molar refractivity (Wildman–Crippen MR) is 81.2 cm³/mol. The Balaban J connectivity index is 1.96. The lowest BCUT2D eigenvalue weighted by molar-refractivity contribution is 0.137. The first-order valence-electron chi connectivity index (χ1n) is 6.76. The molecule has 0 N–H and O–H groups in total. The monoisotopic (exact) mass is 323 g/mol. The Morgan fingerprint density at radius 2 is 1.50 bits per heavy atom. The van der Waals surface area contributed by atoms with Gasteiger partial charge in [-0.1, -0.05) is 30.3 Å². The maximum absolute atomic E-state index is 13.2. The molecule has 0 heterocycles. The Morgan fingerprint density at radius 3 is 2.09 bits per heavy atom. The molecule has 0 amide bonds. The van der Waals surface area contributed by atoms with Crippen LogP contribution in [0.15, 0.2) is 42.5 Å². The fraction of sp³-hybridized carbons (Fsp3) is 0.250. The van der Waals surface area contributed by atoms with Crippen molar-refractivity contribution in [3.05, 3.63) is 59.7 Å². The summed E-state index contributed by atoms with van der Waals surface area (Å²) in [4.78, 5) is 0. The summed E-state index contributed by atoms with van der Waals surface area (Å²) in [5, 5.41) is 0. The number of benzene rings is 2. The lowest BCUT2D eigenvalue weighted by atomic mass is 10.0. The minimum Gasteiger partial charge on any atom is -0.375 e. The lowest BCUT2D eigenvalue weighted by Gasteiger charge is -2.09. The maximum Gasteiger partial charge on any atom is 0.577 e. The zero-order valence-electron chi connectivity index (χ0n) is 12.4. The highest BCUT2D eigenvalue weighted by atomic mass is 28.3. The molecule has 22 heavy (non-hydrogen) atoms. The molecule has 117 valence electrons. The minimum atomic E-state index is -1.63. The Bertz CT molecular complexity index is 601. The van der Waals surface area contributed by atoms with Gasteiger partial charge in [-0.05, 0) is 35.2 Å². The maximum atomic E-state index is 13.2. The Labute approximate surface area is 130 Å². The van der Waals surface area contributed by atoms with Gasteiger partial charge in [0.2, 0.25) is 0 Å². The van der Waals surface area contributed by atoms with Crippen LogP contribution in [-0.2, 0) is 19.7 Å². The van der Waals surface area contributed by atoms with Gasteiger partial charge < -0.3 is 13.3 Å². The van der Waals surface area contributed by atoms with Crippen molar-refractivity contribution in [1.82, 2.24) is 0 Å². The van der Waals surface area contributed by atoms with Gasteiger partial charge in [-0.15, -0.1) is 0 Å². The molecule has 2 aromatic rings. The van der Waals surface area contributed by atoms with Crippen LogP contribution in [0.25, 0.3) is 11.1 Å². The van der Waals surface area contributed by atoms with E-state index in [2.05, 4.69) is 0 Å². The van der Waals surface area contributed by atoms with Crippen LogP contribution < -0.4 is 0 Å². The molecule has 0 aliphatic rings. The van der Waals surface area contributed by atoms with Crippen LogP contribution in [0.3, 0.4) is 0 Å². The number of halogens is 2. The molecule has 3 nitrogen and oxygen atoms in total. The van der Waals surface area contributed by atoms with Crippen molar-refractivity contribution >= 4 is 9.53 Å². The van der Waals surface area contributed by atoms with Crippen molar-refractivity contribution in [3.8, 4) is 11.1 Å². The molecular weight excluding hydrogens is 306 g/mol. The van der Waals surface area contributed by atoms with Gasteiger partial charge in [-0.25, -0.2) is 8.78 Å². The number of rotatable bonds is 7. The van der Waals surface area contributed by atoms with Crippen molar-refractivity contribution in [1.29, 1.82) is 0 Å². The highest BCUT2D eigenvalue weighted by Gasteiger charge is 2.14. The van der Waals surface area contributed by atoms with Crippen molar-refractivity contribution < 1.29 is 22.1 Å². The molecule has 6 heteroatoms. The zero-order chi connectivity index (χ0) is 15.9. The number of hydrogen-bond acceptors (Lipinski definition) is 3. The van der Waals surface area contributed by atoms with E-state index in [9.17, 15) is 8.78 Å². The topological polar surface area (TPSA) is 27.7 Å². The van der Waals surface area contributed by atoms with Crippen molar-refractivity contribution in [2.24, 2.45) is 0 Å². The third-order valence-corrected chi connectivity index (χ3v) is 4.26. The van der Waals surface area contributed by atoms with E-state index < -0.39 is 21.2 Å². The first-order chi connectivity index (χ1) is 10.6. The molecule has 0 unspecified atom stereocenters. The van der Waals surface area contributed by atoms with E-state index in [0.717, 1.165) is 23.6 Å². The van der Waals surface area contributed by atoms with Crippen LogP contribution in [0.2, 0.25) is 0 Å². The average molecular weight is 323 g/mol. The summed E-state index contributed by atoms with van der Waals surface area (Å²) in [6, 6.07) is 11.5. The quantitative estimate of drug-likeness (QED) is 0.730. The first kappa shape index (κ1) is 16.8. The van der Waals surface area contributed by atoms with E-state index >= 15 is 0 Å². The second kappa shape index (κ2) is 8.14.